The molecule has 2 aliphatic heterocycles. The number of anilines is 1. The smallest absolute Gasteiger partial charge is 0.0455 e. The lowest BCUT2D eigenvalue weighted by Gasteiger charge is -2.36. The predicted molar refractivity (Wildman–Crippen MR) is 101 cm³/mol. The minimum absolute atomic E-state index is 0.189. The summed E-state index contributed by atoms with van der Waals surface area (Å²) in [5.41, 5.74) is 11.5. The highest BCUT2D eigenvalue weighted by molar-refractivity contribution is 6.31. The molecule has 3 N–H and O–H groups in total. The van der Waals surface area contributed by atoms with Gasteiger partial charge in [-0.25, -0.2) is 0 Å². The van der Waals surface area contributed by atoms with Gasteiger partial charge in [0.05, 0.1) is 0 Å². The van der Waals surface area contributed by atoms with Crippen molar-refractivity contribution >= 4 is 17.3 Å². The summed E-state index contributed by atoms with van der Waals surface area (Å²) in [6.07, 6.45) is 2.30. The number of fused-ring (bicyclic) bond motifs is 2. The highest BCUT2D eigenvalue weighted by atomic mass is 35.5. The topological polar surface area (TPSA) is 41.3 Å². The third-order valence-corrected chi connectivity index (χ3v) is 5.93. The molecule has 24 heavy (non-hydrogen) atoms. The van der Waals surface area contributed by atoms with E-state index < -0.39 is 0 Å². The van der Waals surface area contributed by atoms with Gasteiger partial charge in [-0.05, 0) is 54.8 Å². The fraction of sp³-hybridized carbons (Fsp3) is 0.400. The number of piperidine rings is 1. The summed E-state index contributed by atoms with van der Waals surface area (Å²) in [7, 11) is 0. The van der Waals surface area contributed by atoms with Crippen LogP contribution < -0.4 is 16.0 Å². The molecule has 126 valence electrons. The standard InChI is InChI=1S/C20H24ClN3/c21-17-6-7-18-19(16(17)12-22)20(8-10-23-11-9-20)14-24(18)13-15-4-2-1-3-5-15/h1-7,23H,8-14,22H2. The second-order valence-corrected chi connectivity index (χ2v) is 7.40. The van der Waals surface area contributed by atoms with Crippen LogP contribution in [0.15, 0.2) is 42.5 Å². The predicted octanol–water partition coefficient (Wildman–Crippen LogP) is 3.44. The molecule has 0 unspecified atom stereocenters. The molecule has 4 rings (SSSR count). The summed E-state index contributed by atoms with van der Waals surface area (Å²) in [5.74, 6) is 0. The fourth-order valence-corrected chi connectivity index (χ4v) is 4.69. The van der Waals surface area contributed by atoms with Crippen LogP contribution in [0.4, 0.5) is 5.69 Å². The molecule has 1 fully saturated rings. The lowest BCUT2D eigenvalue weighted by atomic mass is 9.73. The first-order valence-electron chi connectivity index (χ1n) is 8.75. The Labute approximate surface area is 148 Å². The maximum atomic E-state index is 6.50. The van der Waals surface area contributed by atoms with Crippen LogP contribution >= 0.6 is 11.6 Å². The average Bonchev–Trinajstić information content (AvgIpc) is 2.90. The molecule has 4 heteroatoms. The van der Waals surface area contributed by atoms with Gasteiger partial charge in [0.15, 0.2) is 0 Å². The van der Waals surface area contributed by atoms with Crippen molar-refractivity contribution in [1.29, 1.82) is 0 Å². The Morgan fingerprint density at radius 2 is 1.83 bits per heavy atom. The zero-order valence-corrected chi connectivity index (χ0v) is 14.6. The van der Waals surface area contributed by atoms with Crippen LogP contribution in [0.1, 0.15) is 29.5 Å². The van der Waals surface area contributed by atoms with Crippen molar-refractivity contribution in [3.8, 4) is 0 Å². The highest BCUT2D eigenvalue weighted by Gasteiger charge is 2.44. The lowest BCUT2D eigenvalue weighted by molar-refractivity contribution is 0.323. The fourth-order valence-electron chi connectivity index (χ4n) is 4.45. The maximum Gasteiger partial charge on any atom is 0.0455 e. The van der Waals surface area contributed by atoms with E-state index in [4.69, 9.17) is 17.3 Å². The summed E-state index contributed by atoms with van der Waals surface area (Å²) >= 11 is 6.50. The molecule has 0 aliphatic carbocycles. The van der Waals surface area contributed by atoms with Gasteiger partial charge in [-0.3, -0.25) is 0 Å². The molecular weight excluding hydrogens is 318 g/mol. The van der Waals surface area contributed by atoms with Crippen molar-refractivity contribution in [2.45, 2.75) is 31.3 Å². The van der Waals surface area contributed by atoms with E-state index in [1.807, 2.05) is 6.07 Å². The van der Waals surface area contributed by atoms with E-state index in [1.165, 1.54) is 16.8 Å². The molecule has 3 nitrogen and oxygen atoms in total. The van der Waals surface area contributed by atoms with Gasteiger partial charge < -0.3 is 16.0 Å². The molecule has 0 atom stereocenters. The first-order chi connectivity index (χ1) is 11.7. The third-order valence-electron chi connectivity index (χ3n) is 5.58. The number of halogens is 1. The van der Waals surface area contributed by atoms with Crippen molar-refractivity contribution in [2.75, 3.05) is 24.5 Å². The third kappa shape index (κ3) is 2.61. The molecule has 2 aromatic rings. The molecular formula is C20H24ClN3. The van der Waals surface area contributed by atoms with Crippen molar-refractivity contribution in [3.63, 3.8) is 0 Å². The van der Waals surface area contributed by atoms with Gasteiger partial charge in [-0.1, -0.05) is 41.9 Å². The van der Waals surface area contributed by atoms with E-state index in [9.17, 15) is 0 Å². The molecule has 0 aromatic heterocycles. The van der Waals surface area contributed by atoms with E-state index in [2.05, 4.69) is 46.6 Å². The Kier molecular flexibility index (Phi) is 4.25. The Morgan fingerprint density at radius 1 is 1.08 bits per heavy atom. The number of nitrogens with two attached hydrogens (primary N) is 1. The second kappa shape index (κ2) is 6.40. The number of hydrogen-bond acceptors (Lipinski definition) is 3. The summed E-state index contributed by atoms with van der Waals surface area (Å²) in [5, 5.41) is 4.32. The van der Waals surface area contributed by atoms with Gasteiger partial charge in [0.1, 0.15) is 0 Å². The van der Waals surface area contributed by atoms with Crippen molar-refractivity contribution < 1.29 is 0 Å². The van der Waals surface area contributed by atoms with Crippen LogP contribution in [0.5, 0.6) is 0 Å². The molecule has 1 spiro atoms. The minimum Gasteiger partial charge on any atom is -0.366 e. The van der Waals surface area contributed by atoms with Crippen molar-refractivity contribution in [2.24, 2.45) is 5.73 Å². The Bertz CT molecular complexity index is 723. The molecule has 0 amide bonds. The van der Waals surface area contributed by atoms with Crippen LogP contribution in [-0.2, 0) is 18.5 Å². The summed E-state index contributed by atoms with van der Waals surface area (Å²) in [6.45, 7) is 4.64. The van der Waals surface area contributed by atoms with Gasteiger partial charge >= 0.3 is 0 Å². The molecule has 2 heterocycles. The van der Waals surface area contributed by atoms with Crippen LogP contribution in [0, 0.1) is 0 Å². The van der Waals surface area contributed by atoms with Crippen LogP contribution in [0.25, 0.3) is 0 Å². The van der Waals surface area contributed by atoms with Crippen LogP contribution in [0.3, 0.4) is 0 Å². The largest absolute Gasteiger partial charge is 0.366 e. The Hall–Kier alpha value is -1.55. The Balaban J connectivity index is 1.78. The first-order valence-corrected chi connectivity index (χ1v) is 9.13. The van der Waals surface area contributed by atoms with Crippen molar-refractivity contribution in [1.82, 2.24) is 5.32 Å². The van der Waals surface area contributed by atoms with Gasteiger partial charge in [0.25, 0.3) is 0 Å². The molecule has 1 saturated heterocycles. The van der Waals surface area contributed by atoms with Gasteiger partial charge in [-0.2, -0.15) is 0 Å². The lowest BCUT2D eigenvalue weighted by Crippen LogP contribution is -2.43. The normalized spacial score (nSPS) is 18.8. The number of hydrogen-bond donors (Lipinski definition) is 2. The first kappa shape index (κ1) is 15.9. The van der Waals surface area contributed by atoms with E-state index in [0.717, 1.165) is 49.6 Å². The van der Waals surface area contributed by atoms with Gasteiger partial charge in [0.2, 0.25) is 0 Å². The SMILES string of the molecule is NCc1c(Cl)ccc2c1C1(CCNCC1)CN2Cc1ccccc1. The van der Waals surface area contributed by atoms with E-state index in [-0.39, 0.29) is 5.41 Å². The van der Waals surface area contributed by atoms with E-state index in [1.54, 1.807) is 0 Å². The number of rotatable bonds is 3. The van der Waals surface area contributed by atoms with E-state index in [0.29, 0.717) is 6.54 Å². The zero-order chi connectivity index (χ0) is 16.6. The van der Waals surface area contributed by atoms with E-state index >= 15 is 0 Å². The summed E-state index contributed by atoms with van der Waals surface area (Å²) < 4.78 is 0. The highest BCUT2D eigenvalue weighted by Crippen LogP contribution is 2.49. The zero-order valence-electron chi connectivity index (χ0n) is 13.9. The number of benzene rings is 2. The monoisotopic (exact) mass is 341 g/mol. The average molecular weight is 342 g/mol. The number of nitrogens with zero attached hydrogens (tertiary/aromatic N) is 1. The number of nitrogens with one attached hydrogen (secondary N) is 1. The molecule has 0 saturated carbocycles. The Morgan fingerprint density at radius 3 is 2.54 bits per heavy atom. The van der Waals surface area contributed by atoms with Crippen LogP contribution in [-0.4, -0.2) is 19.6 Å². The minimum atomic E-state index is 0.189. The van der Waals surface area contributed by atoms with Gasteiger partial charge in [-0.15, -0.1) is 0 Å². The second-order valence-electron chi connectivity index (χ2n) is 7.00. The van der Waals surface area contributed by atoms with Crippen molar-refractivity contribution in [3.05, 3.63) is 64.2 Å². The molecule has 0 radical (unpaired) electrons. The summed E-state index contributed by atoms with van der Waals surface area (Å²) in [4.78, 5) is 2.52. The molecule has 0 bridgehead atoms. The molecule has 2 aromatic carbocycles. The van der Waals surface area contributed by atoms with Gasteiger partial charge in [0, 0.05) is 35.8 Å². The molecule has 2 aliphatic rings. The maximum absolute atomic E-state index is 6.50. The summed E-state index contributed by atoms with van der Waals surface area (Å²) in [6, 6.07) is 14.9. The quantitative estimate of drug-likeness (QED) is 0.898. The van der Waals surface area contributed by atoms with Crippen LogP contribution in [0.2, 0.25) is 5.02 Å².